The topological polar surface area (TPSA) is 9.72 Å². The summed E-state index contributed by atoms with van der Waals surface area (Å²) in [6, 6.07) is 63.4. The lowest BCUT2D eigenvalue weighted by Gasteiger charge is -2.43. The van der Waals surface area contributed by atoms with E-state index in [1.807, 2.05) is 22.7 Å². The van der Waals surface area contributed by atoms with Crippen LogP contribution in [0.25, 0.3) is 20.2 Å². The molecule has 0 N–H and O–H groups in total. The number of rotatable bonds is 5. The molecule has 7 aromatic carbocycles. The van der Waals surface area contributed by atoms with Crippen molar-refractivity contribution in [3.63, 3.8) is 0 Å². The minimum absolute atomic E-state index is 0.0390. The lowest BCUT2D eigenvalue weighted by Crippen LogP contribution is -2.59. The summed E-state index contributed by atoms with van der Waals surface area (Å²) < 4.78 is 5.42. The predicted octanol–water partition coefficient (Wildman–Crippen LogP) is 14.3. The fourth-order valence-corrected chi connectivity index (χ4v) is 12.0. The summed E-state index contributed by atoms with van der Waals surface area (Å²) in [5, 5.41) is 2.58. The molecule has 2 aliphatic heterocycles. The molecular formula is C54H46BN3S2. The molecule has 9 aromatic rings. The van der Waals surface area contributed by atoms with Crippen molar-refractivity contribution in [2.75, 3.05) is 14.7 Å². The first-order chi connectivity index (χ1) is 29.0. The SMILES string of the molecule is CC(C)(C)c1ccc(N2c3cc(N(c4ccccc4)c4ccccc4)cc4c3B(c3sc5ccccc5c32)c2sc3ccccc3c2N4c2ccc(C(C)(C)C)cc2)cc1. The number of hydrogen-bond acceptors (Lipinski definition) is 5. The first-order valence-electron chi connectivity index (χ1n) is 21.0. The third-order valence-electron chi connectivity index (χ3n) is 12.3. The van der Waals surface area contributed by atoms with Crippen LogP contribution < -0.4 is 29.7 Å². The fraction of sp³-hybridized carbons (Fsp3) is 0.148. The van der Waals surface area contributed by atoms with Gasteiger partial charge in [0, 0.05) is 63.8 Å². The van der Waals surface area contributed by atoms with Crippen LogP contribution in [0.5, 0.6) is 0 Å². The van der Waals surface area contributed by atoms with Crippen LogP contribution in [-0.4, -0.2) is 6.71 Å². The molecule has 2 aliphatic rings. The minimum Gasteiger partial charge on any atom is -0.310 e. The van der Waals surface area contributed by atoms with Crippen LogP contribution in [0.15, 0.2) is 170 Å². The maximum atomic E-state index is 2.59. The Bertz CT molecular complexity index is 2860. The van der Waals surface area contributed by atoms with E-state index in [2.05, 4.69) is 226 Å². The molecule has 3 nitrogen and oxygen atoms in total. The molecule has 0 unspecified atom stereocenters. The molecule has 0 saturated carbocycles. The van der Waals surface area contributed by atoms with Gasteiger partial charge in [-0.15, -0.1) is 22.7 Å². The van der Waals surface area contributed by atoms with Crippen LogP contribution in [0.2, 0.25) is 0 Å². The average molecular weight is 812 g/mol. The van der Waals surface area contributed by atoms with E-state index in [9.17, 15) is 0 Å². The van der Waals surface area contributed by atoms with Gasteiger partial charge in [0.1, 0.15) is 0 Å². The zero-order valence-corrected chi connectivity index (χ0v) is 36.5. The summed E-state index contributed by atoms with van der Waals surface area (Å²) in [5.41, 5.74) is 14.7. The van der Waals surface area contributed by atoms with Gasteiger partial charge in [-0.05, 0) is 100 Å². The standard InChI is InChI=1S/C54H46BN3S2/c1-53(2,3)35-25-29-39(30-26-35)57-44-33-41(56(37-17-9-7-10-18-37)38-19-11-8-12-20-38)34-45-48(44)55(51-49(57)42-21-13-15-23-46(42)59-51)52-50(43-22-14-16-24-47(43)60-52)58(45)40-31-27-36(28-32-40)54(4,5)6/h7-34H,1-6H3. The quantitative estimate of drug-likeness (QED) is 0.160. The summed E-state index contributed by atoms with van der Waals surface area (Å²) in [7, 11) is 0. The Morgan fingerprint density at radius 3 is 1.22 bits per heavy atom. The summed E-state index contributed by atoms with van der Waals surface area (Å²) in [6.07, 6.45) is 0. The summed E-state index contributed by atoms with van der Waals surface area (Å²) in [5.74, 6) is 0. The number of hydrogen-bond donors (Lipinski definition) is 0. The largest absolute Gasteiger partial charge is 0.310 e. The second kappa shape index (κ2) is 13.7. The van der Waals surface area contributed by atoms with Crippen molar-refractivity contribution in [3.05, 3.63) is 181 Å². The van der Waals surface area contributed by atoms with Gasteiger partial charge in [0.05, 0.1) is 17.1 Å². The number of fused-ring (bicyclic) bond motifs is 8. The molecule has 0 saturated heterocycles. The van der Waals surface area contributed by atoms with Crippen molar-refractivity contribution < 1.29 is 0 Å². The van der Waals surface area contributed by atoms with Gasteiger partial charge in [-0.3, -0.25) is 0 Å². The smallest absolute Gasteiger partial charge is 0.277 e. The first-order valence-corrected chi connectivity index (χ1v) is 22.6. The van der Waals surface area contributed by atoms with Crippen molar-refractivity contribution in [3.8, 4) is 0 Å². The lowest BCUT2D eigenvalue weighted by atomic mass is 9.39. The molecule has 60 heavy (non-hydrogen) atoms. The van der Waals surface area contributed by atoms with Crippen LogP contribution in [0.3, 0.4) is 0 Å². The van der Waals surface area contributed by atoms with Crippen molar-refractivity contribution in [1.82, 2.24) is 0 Å². The molecule has 0 atom stereocenters. The zero-order chi connectivity index (χ0) is 40.9. The van der Waals surface area contributed by atoms with Gasteiger partial charge in [-0.2, -0.15) is 0 Å². The van der Waals surface area contributed by atoms with Crippen molar-refractivity contribution >= 4 is 116 Å². The van der Waals surface area contributed by atoms with E-state index in [0.717, 1.165) is 17.1 Å². The Labute approximate surface area is 361 Å². The van der Waals surface area contributed by atoms with E-state index in [4.69, 9.17) is 0 Å². The molecule has 0 amide bonds. The van der Waals surface area contributed by atoms with Crippen LogP contribution in [0.4, 0.5) is 51.2 Å². The van der Waals surface area contributed by atoms with Gasteiger partial charge < -0.3 is 14.7 Å². The summed E-state index contributed by atoms with van der Waals surface area (Å²) >= 11 is 3.92. The number of nitrogens with zero attached hydrogens (tertiary/aromatic N) is 3. The van der Waals surface area contributed by atoms with Crippen molar-refractivity contribution in [2.24, 2.45) is 0 Å². The maximum absolute atomic E-state index is 2.59. The molecule has 0 spiro atoms. The molecule has 0 fully saturated rings. The molecule has 0 bridgehead atoms. The third-order valence-corrected chi connectivity index (χ3v) is 14.8. The number of thiophene rings is 2. The lowest BCUT2D eigenvalue weighted by molar-refractivity contribution is 0.590. The molecule has 2 aromatic heterocycles. The zero-order valence-electron chi connectivity index (χ0n) is 34.9. The van der Waals surface area contributed by atoms with Crippen molar-refractivity contribution in [1.29, 1.82) is 0 Å². The van der Waals surface area contributed by atoms with Crippen LogP contribution in [0, 0.1) is 0 Å². The Hall–Kier alpha value is -6.08. The fourth-order valence-electron chi connectivity index (χ4n) is 9.34. The van der Waals surface area contributed by atoms with Gasteiger partial charge in [0.15, 0.2) is 0 Å². The summed E-state index contributed by atoms with van der Waals surface area (Å²) in [4.78, 5) is 7.61. The highest BCUT2D eigenvalue weighted by Crippen LogP contribution is 2.52. The van der Waals surface area contributed by atoms with E-state index in [1.54, 1.807) is 0 Å². The molecule has 4 heterocycles. The van der Waals surface area contributed by atoms with E-state index >= 15 is 0 Å². The Kier molecular flexibility index (Phi) is 8.46. The van der Waals surface area contributed by atoms with Crippen LogP contribution >= 0.6 is 22.7 Å². The van der Waals surface area contributed by atoms with E-state index in [0.29, 0.717) is 0 Å². The maximum Gasteiger partial charge on any atom is 0.277 e. The Morgan fingerprint density at radius 2 is 0.817 bits per heavy atom. The number of para-hydroxylation sites is 2. The van der Waals surface area contributed by atoms with E-state index in [1.165, 1.54) is 80.4 Å². The molecule has 6 heteroatoms. The molecule has 292 valence electrons. The molecule has 0 radical (unpaired) electrons. The molecular weight excluding hydrogens is 766 g/mol. The minimum atomic E-state index is 0.0390. The second-order valence-corrected chi connectivity index (χ2v) is 20.4. The van der Waals surface area contributed by atoms with E-state index in [-0.39, 0.29) is 17.5 Å². The van der Waals surface area contributed by atoms with Crippen LogP contribution in [0.1, 0.15) is 52.7 Å². The highest BCUT2D eigenvalue weighted by molar-refractivity contribution is 7.40. The van der Waals surface area contributed by atoms with Gasteiger partial charge in [-0.1, -0.05) is 139 Å². The number of anilines is 9. The Morgan fingerprint density at radius 1 is 0.433 bits per heavy atom. The average Bonchev–Trinajstić information content (AvgIpc) is 3.83. The van der Waals surface area contributed by atoms with Gasteiger partial charge in [0.2, 0.25) is 0 Å². The van der Waals surface area contributed by atoms with Gasteiger partial charge in [-0.25, -0.2) is 0 Å². The monoisotopic (exact) mass is 811 g/mol. The van der Waals surface area contributed by atoms with Crippen molar-refractivity contribution in [2.45, 2.75) is 52.4 Å². The normalized spacial score (nSPS) is 13.4. The van der Waals surface area contributed by atoms with Gasteiger partial charge in [0.25, 0.3) is 6.71 Å². The van der Waals surface area contributed by atoms with Gasteiger partial charge >= 0.3 is 0 Å². The van der Waals surface area contributed by atoms with E-state index < -0.39 is 0 Å². The highest BCUT2D eigenvalue weighted by Gasteiger charge is 2.47. The number of benzene rings is 7. The molecule has 11 rings (SSSR count). The second-order valence-electron chi connectivity index (χ2n) is 18.2. The highest BCUT2D eigenvalue weighted by atomic mass is 32.1. The third kappa shape index (κ3) is 5.83. The Balaban J connectivity index is 1.28. The molecule has 0 aliphatic carbocycles. The summed E-state index contributed by atoms with van der Waals surface area (Å²) in [6.45, 7) is 13.8. The predicted molar refractivity (Wildman–Crippen MR) is 263 cm³/mol. The van der Waals surface area contributed by atoms with Crippen LogP contribution in [-0.2, 0) is 10.8 Å². The first kappa shape index (κ1) is 37.0.